The molecule has 1 N–H and O–H groups in total. The SMILES string of the molecule is O=C(NCc1ccc(CN2CCOCC2)cc1)c1cnc2ccccn2c1=O. The van der Waals surface area contributed by atoms with Gasteiger partial charge in [-0.15, -0.1) is 0 Å². The van der Waals surface area contributed by atoms with Crippen LogP contribution in [0.1, 0.15) is 21.5 Å². The summed E-state index contributed by atoms with van der Waals surface area (Å²) < 4.78 is 6.74. The monoisotopic (exact) mass is 378 g/mol. The minimum absolute atomic E-state index is 0.0348. The van der Waals surface area contributed by atoms with E-state index in [1.54, 1.807) is 24.4 Å². The van der Waals surface area contributed by atoms with Crippen molar-refractivity contribution in [3.05, 3.63) is 81.9 Å². The highest BCUT2D eigenvalue weighted by Crippen LogP contribution is 2.09. The highest BCUT2D eigenvalue weighted by Gasteiger charge is 2.13. The molecule has 144 valence electrons. The number of nitrogens with zero attached hydrogens (tertiary/aromatic N) is 3. The number of aromatic nitrogens is 2. The molecule has 3 aromatic rings. The first-order chi connectivity index (χ1) is 13.7. The average Bonchev–Trinajstić information content (AvgIpc) is 2.74. The van der Waals surface area contributed by atoms with Crippen LogP contribution in [0.4, 0.5) is 0 Å². The van der Waals surface area contributed by atoms with Crippen LogP contribution in [0, 0.1) is 0 Å². The van der Waals surface area contributed by atoms with Gasteiger partial charge in [0.1, 0.15) is 11.2 Å². The number of carbonyl (C=O) groups excluding carboxylic acids is 1. The molecule has 0 spiro atoms. The minimum Gasteiger partial charge on any atom is -0.379 e. The summed E-state index contributed by atoms with van der Waals surface area (Å²) in [5.74, 6) is -0.423. The molecule has 1 aliphatic rings. The first kappa shape index (κ1) is 18.3. The van der Waals surface area contributed by atoms with Crippen LogP contribution in [0.2, 0.25) is 0 Å². The van der Waals surface area contributed by atoms with Crippen molar-refractivity contribution >= 4 is 11.6 Å². The van der Waals surface area contributed by atoms with E-state index in [4.69, 9.17) is 4.74 Å². The summed E-state index contributed by atoms with van der Waals surface area (Å²) in [5, 5.41) is 2.80. The fourth-order valence-electron chi connectivity index (χ4n) is 3.24. The number of benzene rings is 1. The van der Waals surface area contributed by atoms with Gasteiger partial charge in [-0.05, 0) is 23.3 Å². The molecule has 1 amide bonds. The molecule has 0 radical (unpaired) electrons. The van der Waals surface area contributed by atoms with Crippen LogP contribution in [0.5, 0.6) is 0 Å². The Bertz CT molecular complexity index is 1020. The molecule has 0 aliphatic carbocycles. The van der Waals surface area contributed by atoms with Gasteiger partial charge in [-0.2, -0.15) is 0 Å². The second kappa shape index (κ2) is 8.33. The first-order valence-electron chi connectivity index (χ1n) is 9.33. The number of amides is 1. The zero-order valence-electron chi connectivity index (χ0n) is 15.5. The lowest BCUT2D eigenvalue weighted by Gasteiger charge is -2.26. The highest BCUT2D eigenvalue weighted by atomic mass is 16.5. The molecule has 0 atom stereocenters. The lowest BCUT2D eigenvalue weighted by atomic mass is 10.1. The minimum atomic E-state index is -0.423. The molecule has 1 saturated heterocycles. The van der Waals surface area contributed by atoms with Crippen LogP contribution in [-0.2, 0) is 17.8 Å². The smallest absolute Gasteiger partial charge is 0.270 e. The largest absolute Gasteiger partial charge is 0.379 e. The van der Waals surface area contributed by atoms with Crippen molar-refractivity contribution in [2.45, 2.75) is 13.1 Å². The molecule has 0 unspecified atom stereocenters. The number of fused-ring (bicyclic) bond motifs is 1. The fourth-order valence-corrected chi connectivity index (χ4v) is 3.24. The van der Waals surface area contributed by atoms with Crippen molar-refractivity contribution in [2.24, 2.45) is 0 Å². The zero-order valence-corrected chi connectivity index (χ0v) is 15.5. The molecule has 0 saturated carbocycles. The Labute approximate surface area is 162 Å². The maximum Gasteiger partial charge on any atom is 0.270 e. The Kier molecular flexibility index (Phi) is 5.45. The van der Waals surface area contributed by atoms with Gasteiger partial charge < -0.3 is 10.1 Å². The Morgan fingerprint density at radius 1 is 1.07 bits per heavy atom. The molecule has 1 aromatic carbocycles. The lowest BCUT2D eigenvalue weighted by Crippen LogP contribution is -2.35. The van der Waals surface area contributed by atoms with E-state index in [9.17, 15) is 9.59 Å². The van der Waals surface area contributed by atoms with Gasteiger partial charge in [-0.1, -0.05) is 30.3 Å². The van der Waals surface area contributed by atoms with Crippen LogP contribution >= 0.6 is 0 Å². The summed E-state index contributed by atoms with van der Waals surface area (Å²) in [6.45, 7) is 4.73. The van der Waals surface area contributed by atoms with E-state index in [0.717, 1.165) is 38.4 Å². The molecule has 1 aliphatic heterocycles. The van der Waals surface area contributed by atoms with Crippen molar-refractivity contribution in [3.63, 3.8) is 0 Å². The fraction of sp³-hybridized carbons (Fsp3) is 0.286. The molecule has 4 rings (SSSR count). The standard InChI is InChI=1S/C21H22N4O3/c26-20(18-14-22-19-3-1-2-8-25(19)21(18)27)23-13-16-4-6-17(7-5-16)15-24-9-11-28-12-10-24/h1-8,14H,9-13,15H2,(H,23,26). The number of pyridine rings is 1. The van der Waals surface area contributed by atoms with E-state index in [1.165, 1.54) is 16.2 Å². The van der Waals surface area contributed by atoms with E-state index >= 15 is 0 Å². The van der Waals surface area contributed by atoms with Crippen molar-refractivity contribution in [3.8, 4) is 0 Å². The maximum absolute atomic E-state index is 12.5. The molecule has 3 heterocycles. The van der Waals surface area contributed by atoms with Crippen LogP contribution in [0.3, 0.4) is 0 Å². The van der Waals surface area contributed by atoms with E-state index in [1.807, 2.05) is 12.1 Å². The number of ether oxygens (including phenoxy) is 1. The average molecular weight is 378 g/mol. The van der Waals surface area contributed by atoms with E-state index in [-0.39, 0.29) is 11.1 Å². The Morgan fingerprint density at radius 2 is 1.82 bits per heavy atom. The second-order valence-corrected chi connectivity index (χ2v) is 6.79. The number of hydrogen-bond donors (Lipinski definition) is 1. The van der Waals surface area contributed by atoms with Crippen molar-refractivity contribution in [2.75, 3.05) is 26.3 Å². The molecular formula is C21H22N4O3. The van der Waals surface area contributed by atoms with Gasteiger partial charge in [-0.25, -0.2) is 4.98 Å². The molecular weight excluding hydrogens is 356 g/mol. The van der Waals surface area contributed by atoms with Crippen molar-refractivity contribution in [1.29, 1.82) is 0 Å². The predicted molar refractivity (Wildman–Crippen MR) is 105 cm³/mol. The number of nitrogens with one attached hydrogen (secondary N) is 1. The third kappa shape index (κ3) is 4.11. The van der Waals surface area contributed by atoms with Crippen LogP contribution < -0.4 is 10.9 Å². The second-order valence-electron chi connectivity index (χ2n) is 6.79. The Morgan fingerprint density at radius 3 is 2.61 bits per heavy atom. The summed E-state index contributed by atoms with van der Waals surface area (Å²) in [5.41, 5.74) is 2.39. The first-order valence-corrected chi connectivity index (χ1v) is 9.33. The van der Waals surface area contributed by atoms with Gasteiger partial charge >= 0.3 is 0 Å². The summed E-state index contributed by atoms with van der Waals surface area (Å²) in [6.07, 6.45) is 2.94. The zero-order chi connectivity index (χ0) is 19.3. The van der Waals surface area contributed by atoms with E-state index in [0.29, 0.717) is 12.2 Å². The summed E-state index contributed by atoms with van der Waals surface area (Å²) in [4.78, 5) is 31.4. The molecule has 0 bridgehead atoms. The van der Waals surface area contributed by atoms with Crippen molar-refractivity contribution in [1.82, 2.24) is 19.6 Å². The summed E-state index contributed by atoms with van der Waals surface area (Å²) in [6, 6.07) is 13.4. The van der Waals surface area contributed by atoms with Crippen molar-refractivity contribution < 1.29 is 9.53 Å². The third-order valence-electron chi connectivity index (χ3n) is 4.84. The van der Waals surface area contributed by atoms with Gasteiger partial charge in [0.2, 0.25) is 0 Å². The van der Waals surface area contributed by atoms with Gasteiger partial charge in [0.15, 0.2) is 0 Å². The lowest BCUT2D eigenvalue weighted by molar-refractivity contribution is 0.0342. The summed E-state index contributed by atoms with van der Waals surface area (Å²) in [7, 11) is 0. The van der Waals surface area contributed by atoms with E-state index in [2.05, 4.69) is 27.3 Å². The molecule has 28 heavy (non-hydrogen) atoms. The van der Waals surface area contributed by atoms with Crippen LogP contribution in [0.15, 0.2) is 59.7 Å². The number of rotatable bonds is 5. The predicted octanol–water partition coefficient (Wildman–Crippen LogP) is 1.46. The van der Waals surface area contributed by atoms with E-state index < -0.39 is 5.91 Å². The number of morpholine rings is 1. The molecule has 7 heteroatoms. The van der Waals surface area contributed by atoms with Crippen LogP contribution in [-0.4, -0.2) is 46.5 Å². The topological polar surface area (TPSA) is 75.9 Å². The van der Waals surface area contributed by atoms with Gasteiger partial charge in [-0.3, -0.25) is 18.9 Å². The summed E-state index contributed by atoms with van der Waals surface area (Å²) >= 11 is 0. The van der Waals surface area contributed by atoms with Crippen LogP contribution in [0.25, 0.3) is 5.65 Å². The maximum atomic E-state index is 12.5. The molecule has 1 fully saturated rings. The van der Waals surface area contributed by atoms with Gasteiger partial charge in [0, 0.05) is 38.6 Å². The molecule has 2 aromatic heterocycles. The van der Waals surface area contributed by atoms with Gasteiger partial charge in [0.25, 0.3) is 11.5 Å². The van der Waals surface area contributed by atoms with Gasteiger partial charge in [0.05, 0.1) is 13.2 Å². The Hall–Kier alpha value is -3.03. The number of hydrogen-bond acceptors (Lipinski definition) is 5. The normalized spacial score (nSPS) is 14.9. The quantitative estimate of drug-likeness (QED) is 0.727. The Balaban J connectivity index is 1.38. The molecule has 7 nitrogen and oxygen atoms in total. The number of carbonyl (C=O) groups is 1. The highest BCUT2D eigenvalue weighted by molar-refractivity contribution is 5.93. The third-order valence-corrected chi connectivity index (χ3v) is 4.84.